The first-order chi connectivity index (χ1) is 11.5. The Balaban J connectivity index is 0.00000225. The van der Waals surface area contributed by atoms with Crippen molar-refractivity contribution in [1.29, 1.82) is 0 Å². The number of anilines is 1. The highest BCUT2D eigenvalue weighted by molar-refractivity contribution is 7.89. The third-order valence-corrected chi connectivity index (χ3v) is 6.11. The number of aromatic nitrogens is 1. The van der Waals surface area contributed by atoms with Crippen molar-refractivity contribution in [3.05, 3.63) is 54.4 Å². The van der Waals surface area contributed by atoms with Gasteiger partial charge in [0.05, 0.1) is 10.9 Å². The molecule has 1 fully saturated rings. The van der Waals surface area contributed by atoms with Gasteiger partial charge >= 0.3 is 0 Å². The number of halogens is 1. The molecule has 3 rings (SSSR count). The van der Waals surface area contributed by atoms with Crippen LogP contribution in [-0.4, -0.2) is 51.4 Å². The lowest BCUT2D eigenvalue weighted by molar-refractivity contribution is 0.271. The number of piperazine rings is 1. The van der Waals surface area contributed by atoms with Gasteiger partial charge in [-0.3, -0.25) is 4.98 Å². The maximum atomic E-state index is 13.2. The van der Waals surface area contributed by atoms with Gasteiger partial charge in [-0.25, -0.2) is 8.42 Å². The summed E-state index contributed by atoms with van der Waals surface area (Å²) >= 11 is 0. The summed E-state index contributed by atoms with van der Waals surface area (Å²) in [5.74, 6) is 0. The molecule has 2 heterocycles. The molecule has 1 aliphatic rings. The summed E-state index contributed by atoms with van der Waals surface area (Å²) in [6.45, 7) is 1.66. The van der Waals surface area contributed by atoms with Crippen LogP contribution in [0.4, 0.5) is 5.69 Å². The maximum absolute atomic E-state index is 13.2. The van der Waals surface area contributed by atoms with E-state index in [4.69, 9.17) is 0 Å². The summed E-state index contributed by atoms with van der Waals surface area (Å²) in [7, 11) is 0.219. The first-order valence-corrected chi connectivity index (χ1v) is 9.34. The van der Waals surface area contributed by atoms with Crippen molar-refractivity contribution in [2.45, 2.75) is 10.9 Å². The Morgan fingerprint density at radius 1 is 1.24 bits per heavy atom. The van der Waals surface area contributed by atoms with Gasteiger partial charge in [0.15, 0.2) is 0 Å². The van der Waals surface area contributed by atoms with Crippen molar-refractivity contribution < 1.29 is 8.42 Å². The predicted octanol–water partition coefficient (Wildman–Crippen LogP) is 1.90. The van der Waals surface area contributed by atoms with Gasteiger partial charge in [-0.15, -0.1) is 12.4 Å². The minimum atomic E-state index is -3.58. The van der Waals surface area contributed by atoms with E-state index in [1.165, 1.54) is 0 Å². The average Bonchev–Trinajstić information content (AvgIpc) is 2.62. The molecule has 136 valence electrons. The summed E-state index contributed by atoms with van der Waals surface area (Å²) in [5.41, 5.74) is 1.76. The Labute approximate surface area is 155 Å². The third kappa shape index (κ3) is 4.12. The molecule has 1 saturated heterocycles. The SMILES string of the molecule is CN(C)c1cccc(S(=O)(=O)N2CCNCC2c2cccnc2)c1.Cl. The molecule has 0 aliphatic carbocycles. The highest BCUT2D eigenvalue weighted by Crippen LogP contribution is 2.29. The van der Waals surface area contributed by atoms with E-state index in [1.54, 1.807) is 34.9 Å². The monoisotopic (exact) mass is 382 g/mol. The van der Waals surface area contributed by atoms with E-state index < -0.39 is 10.0 Å². The van der Waals surface area contributed by atoms with Gasteiger partial charge in [0.1, 0.15) is 0 Å². The Morgan fingerprint density at radius 2 is 2.04 bits per heavy atom. The predicted molar refractivity (Wildman–Crippen MR) is 102 cm³/mol. The van der Waals surface area contributed by atoms with Crippen LogP contribution >= 0.6 is 12.4 Å². The largest absolute Gasteiger partial charge is 0.378 e. The first-order valence-electron chi connectivity index (χ1n) is 7.90. The zero-order valence-corrected chi connectivity index (χ0v) is 15.9. The molecule has 0 amide bonds. The summed E-state index contributed by atoms with van der Waals surface area (Å²) in [5, 5.41) is 3.27. The zero-order valence-electron chi connectivity index (χ0n) is 14.3. The summed E-state index contributed by atoms with van der Waals surface area (Å²) in [6, 6.07) is 10.6. The fourth-order valence-corrected chi connectivity index (χ4v) is 4.54. The first kappa shape index (κ1) is 19.7. The number of nitrogens with zero attached hydrogens (tertiary/aromatic N) is 3. The van der Waals surface area contributed by atoms with Crippen LogP contribution in [0.25, 0.3) is 0 Å². The van der Waals surface area contributed by atoms with Crippen LogP contribution in [-0.2, 0) is 10.0 Å². The number of nitrogens with one attached hydrogen (secondary N) is 1. The standard InChI is InChI=1S/C17H22N4O2S.ClH/c1-20(2)15-6-3-7-16(11-15)24(22,23)21-10-9-19-13-17(21)14-5-4-8-18-12-14;/h3-8,11-12,17,19H,9-10,13H2,1-2H3;1H. The molecular weight excluding hydrogens is 360 g/mol. The van der Waals surface area contributed by atoms with Gasteiger partial charge in [0.25, 0.3) is 0 Å². The molecule has 2 aromatic rings. The van der Waals surface area contributed by atoms with Crippen molar-refractivity contribution >= 4 is 28.1 Å². The Hall–Kier alpha value is -1.67. The second-order valence-electron chi connectivity index (χ2n) is 6.01. The highest BCUT2D eigenvalue weighted by atomic mass is 35.5. The molecule has 1 unspecified atom stereocenters. The average molecular weight is 383 g/mol. The van der Waals surface area contributed by atoms with E-state index in [0.29, 0.717) is 24.5 Å². The molecule has 0 bridgehead atoms. The lowest BCUT2D eigenvalue weighted by atomic mass is 10.1. The fraction of sp³-hybridized carbons (Fsp3) is 0.353. The second kappa shape index (κ2) is 8.14. The van der Waals surface area contributed by atoms with Crippen LogP contribution in [0.2, 0.25) is 0 Å². The Bertz CT molecular complexity index is 799. The minimum Gasteiger partial charge on any atom is -0.378 e. The fourth-order valence-electron chi connectivity index (χ4n) is 2.89. The van der Waals surface area contributed by atoms with Crippen molar-refractivity contribution in [2.24, 2.45) is 0 Å². The Kier molecular flexibility index (Phi) is 6.40. The molecule has 1 atom stereocenters. The molecule has 1 aromatic heterocycles. The number of pyridine rings is 1. The van der Waals surface area contributed by atoms with Crippen LogP contribution in [0, 0.1) is 0 Å². The van der Waals surface area contributed by atoms with Crippen LogP contribution in [0.5, 0.6) is 0 Å². The third-order valence-electron chi connectivity index (χ3n) is 4.20. The van der Waals surface area contributed by atoms with Crippen LogP contribution in [0.3, 0.4) is 0 Å². The normalized spacial score (nSPS) is 18.4. The van der Waals surface area contributed by atoms with E-state index in [-0.39, 0.29) is 18.4 Å². The molecular formula is C17H23ClN4O2S. The van der Waals surface area contributed by atoms with Crippen molar-refractivity contribution in [1.82, 2.24) is 14.6 Å². The van der Waals surface area contributed by atoms with Crippen LogP contribution < -0.4 is 10.2 Å². The molecule has 1 aromatic carbocycles. The van der Waals surface area contributed by atoms with Crippen LogP contribution in [0.1, 0.15) is 11.6 Å². The number of benzene rings is 1. The summed E-state index contributed by atoms with van der Waals surface area (Å²) in [4.78, 5) is 6.35. The Morgan fingerprint density at radius 3 is 2.72 bits per heavy atom. The van der Waals surface area contributed by atoms with E-state index in [1.807, 2.05) is 37.2 Å². The van der Waals surface area contributed by atoms with E-state index in [9.17, 15) is 8.42 Å². The smallest absolute Gasteiger partial charge is 0.243 e. The van der Waals surface area contributed by atoms with Gasteiger partial charge in [-0.1, -0.05) is 12.1 Å². The number of rotatable bonds is 4. The van der Waals surface area contributed by atoms with Crippen LogP contribution in [0.15, 0.2) is 53.7 Å². The van der Waals surface area contributed by atoms with E-state index in [0.717, 1.165) is 11.3 Å². The highest BCUT2D eigenvalue weighted by Gasteiger charge is 2.34. The molecule has 25 heavy (non-hydrogen) atoms. The number of hydrogen-bond acceptors (Lipinski definition) is 5. The lowest BCUT2D eigenvalue weighted by Crippen LogP contribution is -2.48. The van der Waals surface area contributed by atoms with Crippen molar-refractivity contribution in [2.75, 3.05) is 38.6 Å². The molecule has 0 saturated carbocycles. The molecule has 8 heteroatoms. The quantitative estimate of drug-likeness (QED) is 0.874. The topological polar surface area (TPSA) is 65.5 Å². The van der Waals surface area contributed by atoms with Crippen molar-refractivity contribution in [3.8, 4) is 0 Å². The molecule has 1 aliphatic heterocycles. The van der Waals surface area contributed by atoms with Gasteiger partial charge in [-0.2, -0.15) is 4.31 Å². The molecule has 0 radical (unpaired) electrons. The molecule has 6 nitrogen and oxygen atoms in total. The summed E-state index contributed by atoms with van der Waals surface area (Å²) in [6.07, 6.45) is 3.43. The van der Waals surface area contributed by atoms with Gasteiger partial charge in [0.2, 0.25) is 10.0 Å². The van der Waals surface area contributed by atoms with Gasteiger partial charge in [0, 0.05) is 51.8 Å². The molecule has 1 N–H and O–H groups in total. The minimum absolute atomic E-state index is 0. The maximum Gasteiger partial charge on any atom is 0.243 e. The number of hydrogen-bond donors (Lipinski definition) is 1. The van der Waals surface area contributed by atoms with Crippen molar-refractivity contribution in [3.63, 3.8) is 0 Å². The van der Waals surface area contributed by atoms with E-state index in [2.05, 4.69) is 10.3 Å². The second-order valence-corrected chi connectivity index (χ2v) is 7.90. The number of sulfonamides is 1. The lowest BCUT2D eigenvalue weighted by Gasteiger charge is -2.35. The van der Waals surface area contributed by atoms with E-state index >= 15 is 0 Å². The summed E-state index contributed by atoms with van der Waals surface area (Å²) < 4.78 is 28.0. The molecule has 0 spiro atoms. The zero-order chi connectivity index (χ0) is 17.2. The van der Waals surface area contributed by atoms with Gasteiger partial charge in [-0.05, 0) is 29.8 Å². The van der Waals surface area contributed by atoms with Gasteiger partial charge < -0.3 is 10.2 Å².